The standard InChI is InChI=1S/C61H47NO/c1-60(2)51-27-10-6-21-43(51)48-25-16-26-49(58(48)60)46-23-9-13-30-55(46)62(40-33-35-44-42-20-7-11-28-52(42)61(53(44)38-40)36-14-3-15-37-61)54-29-12-8-22-45(54)47-24-17-31-56-57(47)50-34-32-39-18-4-5-19-41(39)59(50)63-56/h4-13,16-35,38H,3,14-15,36-37H2,1-2H3. The van der Waals surface area contributed by atoms with E-state index >= 15 is 0 Å². The van der Waals surface area contributed by atoms with Gasteiger partial charge in [0.25, 0.3) is 0 Å². The molecule has 2 nitrogen and oxygen atoms in total. The molecule has 3 aliphatic carbocycles. The topological polar surface area (TPSA) is 16.4 Å². The Morgan fingerprint density at radius 2 is 1.00 bits per heavy atom. The third-order valence-electron chi connectivity index (χ3n) is 15.1. The van der Waals surface area contributed by atoms with Crippen LogP contribution in [0.25, 0.3) is 77.2 Å². The van der Waals surface area contributed by atoms with Crippen molar-refractivity contribution in [1.82, 2.24) is 0 Å². The monoisotopic (exact) mass is 809 g/mol. The molecule has 0 N–H and O–H groups in total. The summed E-state index contributed by atoms with van der Waals surface area (Å²) in [7, 11) is 0. The van der Waals surface area contributed by atoms with E-state index in [0.717, 1.165) is 49.8 Å². The molecule has 1 saturated carbocycles. The molecule has 0 aliphatic heterocycles. The van der Waals surface area contributed by atoms with Crippen molar-refractivity contribution in [2.24, 2.45) is 0 Å². The van der Waals surface area contributed by atoms with Crippen LogP contribution in [0.15, 0.2) is 192 Å². The van der Waals surface area contributed by atoms with Gasteiger partial charge in [0.1, 0.15) is 11.2 Å². The molecule has 1 spiro atoms. The second kappa shape index (κ2) is 13.7. The molecule has 0 atom stereocenters. The average Bonchev–Trinajstić information content (AvgIpc) is 3.94. The Hall–Kier alpha value is -7.16. The maximum Gasteiger partial charge on any atom is 0.143 e. The van der Waals surface area contributed by atoms with Gasteiger partial charge in [-0.2, -0.15) is 0 Å². The van der Waals surface area contributed by atoms with E-state index in [9.17, 15) is 0 Å². The molecule has 63 heavy (non-hydrogen) atoms. The SMILES string of the molecule is CC1(C)c2ccccc2-c2cccc(-c3ccccc3N(c3ccc4c(c3)C3(CCCCC3)c3ccccc3-4)c3ccccc3-c3cccc4oc5c6ccccc6ccc5c34)c21. The Bertz CT molecular complexity index is 3490. The molecule has 1 heterocycles. The third kappa shape index (κ3) is 5.19. The van der Waals surface area contributed by atoms with E-state index in [4.69, 9.17) is 4.42 Å². The molecule has 0 radical (unpaired) electrons. The summed E-state index contributed by atoms with van der Waals surface area (Å²) in [5, 5.41) is 4.60. The Balaban J connectivity index is 1.09. The normalized spacial score (nSPS) is 15.4. The zero-order chi connectivity index (χ0) is 41.9. The summed E-state index contributed by atoms with van der Waals surface area (Å²) in [6.07, 6.45) is 6.18. The van der Waals surface area contributed by atoms with E-state index in [0.29, 0.717) is 0 Å². The highest BCUT2D eigenvalue weighted by Crippen LogP contribution is 2.59. The number of rotatable bonds is 5. The fraction of sp³-hybridized carbons (Fsp3) is 0.148. The molecule has 10 aromatic rings. The van der Waals surface area contributed by atoms with Gasteiger partial charge in [0.2, 0.25) is 0 Å². The van der Waals surface area contributed by atoms with Crippen LogP contribution >= 0.6 is 0 Å². The average molecular weight is 810 g/mol. The van der Waals surface area contributed by atoms with Gasteiger partial charge in [-0.15, -0.1) is 0 Å². The van der Waals surface area contributed by atoms with Crippen molar-refractivity contribution in [2.75, 3.05) is 4.90 Å². The van der Waals surface area contributed by atoms with Crippen molar-refractivity contribution in [3.05, 3.63) is 210 Å². The van der Waals surface area contributed by atoms with Gasteiger partial charge < -0.3 is 9.32 Å². The highest BCUT2D eigenvalue weighted by atomic mass is 16.3. The molecule has 0 unspecified atom stereocenters. The molecule has 13 rings (SSSR count). The molecule has 302 valence electrons. The van der Waals surface area contributed by atoms with Gasteiger partial charge in [0, 0.05) is 43.8 Å². The van der Waals surface area contributed by atoms with Gasteiger partial charge in [-0.1, -0.05) is 185 Å². The molecule has 9 aromatic carbocycles. The van der Waals surface area contributed by atoms with Crippen LogP contribution < -0.4 is 4.90 Å². The summed E-state index contributed by atoms with van der Waals surface area (Å²) in [4.78, 5) is 2.58. The molecule has 0 saturated heterocycles. The molecule has 2 heteroatoms. The van der Waals surface area contributed by atoms with E-state index in [1.807, 2.05) is 0 Å². The summed E-state index contributed by atoms with van der Waals surface area (Å²) >= 11 is 0. The summed E-state index contributed by atoms with van der Waals surface area (Å²) in [6, 6.07) is 70.3. The number of hydrogen-bond acceptors (Lipinski definition) is 2. The summed E-state index contributed by atoms with van der Waals surface area (Å²) < 4.78 is 6.79. The van der Waals surface area contributed by atoms with E-state index in [-0.39, 0.29) is 10.8 Å². The Morgan fingerprint density at radius 1 is 0.429 bits per heavy atom. The fourth-order valence-corrected chi connectivity index (χ4v) is 12.3. The van der Waals surface area contributed by atoms with Gasteiger partial charge in [-0.3, -0.25) is 0 Å². The minimum atomic E-state index is -0.173. The molecular formula is C61H47NO. The molecule has 1 aromatic heterocycles. The first-order valence-corrected chi connectivity index (χ1v) is 22.8. The van der Waals surface area contributed by atoms with Crippen molar-refractivity contribution in [2.45, 2.75) is 56.8 Å². The molecule has 1 fully saturated rings. The molecule has 3 aliphatic rings. The molecular weight excluding hydrogens is 763 g/mol. The predicted molar refractivity (Wildman–Crippen MR) is 264 cm³/mol. The Morgan fingerprint density at radius 3 is 1.78 bits per heavy atom. The smallest absolute Gasteiger partial charge is 0.143 e. The first-order chi connectivity index (χ1) is 31.0. The van der Waals surface area contributed by atoms with E-state index in [2.05, 4.69) is 207 Å². The predicted octanol–water partition coefficient (Wildman–Crippen LogP) is 17.1. The highest BCUT2D eigenvalue weighted by molar-refractivity contribution is 6.20. The van der Waals surface area contributed by atoms with Crippen molar-refractivity contribution in [3.8, 4) is 44.5 Å². The second-order valence-electron chi connectivity index (χ2n) is 18.6. The lowest BCUT2D eigenvalue weighted by atomic mass is 9.68. The number of para-hydroxylation sites is 2. The Kier molecular flexibility index (Phi) is 7.92. The maximum atomic E-state index is 6.79. The van der Waals surface area contributed by atoms with Crippen molar-refractivity contribution in [1.29, 1.82) is 0 Å². The number of hydrogen-bond donors (Lipinski definition) is 0. The van der Waals surface area contributed by atoms with Crippen LogP contribution in [-0.4, -0.2) is 0 Å². The van der Waals surface area contributed by atoms with E-state index < -0.39 is 0 Å². The lowest BCUT2D eigenvalue weighted by Gasteiger charge is -2.37. The number of benzene rings is 9. The molecule has 0 bridgehead atoms. The first kappa shape index (κ1) is 36.5. The van der Waals surface area contributed by atoms with Gasteiger partial charge in [0.15, 0.2) is 0 Å². The van der Waals surface area contributed by atoms with Crippen LogP contribution in [0.1, 0.15) is 68.2 Å². The maximum absolute atomic E-state index is 6.79. The minimum absolute atomic E-state index is 0.0189. The van der Waals surface area contributed by atoms with Crippen LogP contribution in [0.2, 0.25) is 0 Å². The van der Waals surface area contributed by atoms with Crippen molar-refractivity contribution >= 4 is 49.8 Å². The van der Waals surface area contributed by atoms with Crippen LogP contribution in [0.4, 0.5) is 17.1 Å². The first-order valence-electron chi connectivity index (χ1n) is 22.8. The van der Waals surface area contributed by atoms with Crippen molar-refractivity contribution < 1.29 is 4.42 Å². The molecule has 0 amide bonds. The Labute approximate surface area is 369 Å². The fourth-order valence-electron chi connectivity index (χ4n) is 12.3. The quantitative estimate of drug-likeness (QED) is 0.172. The third-order valence-corrected chi connectivity index (χ3v) is 15.1. The number of nitrogens with zero attached hydrogens (tertiary/aromatic N) is 1. The lowest BCUT2D eigenvalue weighted by Crippen LogP contribution is -2.28. The van der Waals surface area contributed by atoms with E-state index in [1.54, 1.807) is 0 Å². The summed E-state index contributed by atoms with van der Waals surface area (Å²) in [5.74, 6) is 0. The van der Waals surface area contributed by atoms with Gasteiger partial charge in [0.05, 0.1) is 11.4 Å². The van der Waals surface area contributed by atoms with Gasteiger partial charge in [-0.05, 0) is 110 Å². The van der Waals surface area contributed by atoms with Crippen LogP contribution in [0.3, 0.4) is 0 Å². The summed E-state index contributed by atoms with van der Waals surface area (Å²) in [5.41, 5.74) is 21.2. The zero-order valence-electron chi connectivity index (χ0n) is 35.8. The number of furan rings is 1. The zero-order valence-corrected chi connectivity index (χ0v) is 35.8. The van der Waals surface area contributed by atoms with E-state index in [1.165, 1.54) is 98.8 Å². The van der Waals surface area contributed by atoms with Gasteiger partial charge >= 0.3 is 0 Å². The highest BCUT2D eigenvalue weighted by Gasteiger charge is 2.44. The van der Waals surface area contributed by atoms with Crippen LogP contribution in [0, 0.1) is 0 Å². The number of anilines is 3. The lowest BCUT2D eigenvalue weighted by molar-refractivity contribution is 0.353. The minimum Gasteiger partial charge on any atom is -0.455 e. The number of fused-ring (bicyclic) bond motifs is 13. The van der Waals surface area contributed by atoms with Crippen LogP contribution in [-0.2, 0) is 10.8 Å². The van der Waals surface area contributed by atoms with Crippen LogP contribution in [0.5, 0.6) is 0 Å². The second-order valence-corrected chi connectivity index (χ2v) is 18.6. The summed E-state index contributed by atoms with van der Waals surface area (Å²) in [6.45, 7) is 4.80. The van der Waals surface area contributed by atoms with Crippen molar-refractivity contribution in [3.63, 3.8) is 0 Å². The largest absolute Gasteiger partial charge is 0.455 e. The van der Waals surface area contributed by atoms with Gasteiger partial charge in [-0.25, -0.2) is 0 Å².